The third kappa shape index (κ3) is 9.84. The van der Waals surface area contributed by atoms with Gasteiger partial charge in [-0.25, -0.2) is 9.18 Å². The van der Waals surface area contributed by atoms with Crippen molar-refractivity contribution in [2.75, 3.05) is 29.9 Å². The van der Waals surface area contributed by atoms with Gasteiger partial charge in [-0.15, -0.1) is 0 Å². The van der Waals surface area contributed by atoms with Gasteiger partial charge in [0, 0.05) is 30.9 Å². The Morgan fingerprint density at radius 1 is 1.18 bits per heavy atom. The van der Waals surface area contributed by atoms with E-state index in [4.69, 9.17) is 28.5 Å². The van der Waals surface area contributed by atoms with Gasteiger partial charge in [0.25, 0.3) is 0 Å². The second-order valence-corrected chi connectivity index (χ2v) is 15.4. The first kappa shape index (κ1) is 39.3. The lowest BCUT2D eigenvalue weighted by molar-refractivity contribution is -0.119. The van der Waals surface area contributed by atoms with Crippen LogP contribution in [0.1, 0.15) is 18.1 Å². The number of halogens is 1. The second kappa shape index (κ2) is 16.7. The van der Waals surface area contributed by atoms with Crippen molar-refractivity contribution in [1.29, 1.82) is 0 Å². The van der Waals surface area contributed by atoms with Crippen molar-refractivity contribution in [3.8, 4) is 11.1 Å². The lowest BCUT2D eigenvalue weighted by Crippen LogP contribution is -2.39. The molecule has 0 aromatic heterocycles. The molecule has 1 heterocycles. The smallest absolute Gasteiger partial charge is 0.442 e. The highest BCUT2D eigenvalue weighted by molar-refractivity contribution is 7.80. The fraction of sp³-hybridized carbons (Fsp3) is 0.258. The molecule has 16 nitrogen and oxygen atoms in total. The van der Waals surface area contributed by atoms with E-state index < -0.39 is 45.1 Å². The predicted molar refractivity (Wildman–Crippen MR) is 191 cm³/mol. The predicted octanol–water partition coefficient (Wildman–Crippen LogP) is 2.52. The van der Waals surface area contributed by atoms with E-state index in [1.807, 2.05) is 0 Å². The van der Waals surface area contributed by atoms with Crippen molar-refractivity contribution in [1.82, 2.24) is 15.6 Å². The molecule has 2 amide bonds. The quantitative estimate of drug-likeness (QED) is 0.0495. The van der Waals surface area contributed by atoms with Gasteiger partial charge in [0.15, 0.2) is 5.11 Å². The lowest BCUT2D eigenvalue weighted by atomic mass is 10.0. The molecule has 272 valence electrons. The van der Waals surface area contributed by atoms with Gasteiger partial charge in [0.2, 0.25) is 5.91 Å². The second-order valence-electron chi connectivity index (χ2n) is 11.5. The molecule has 3 atom stereocenters. The van der Waals surface area contributed by atoms with E-state index in [1.165, 1.54) is 48.4 Å². The number of rotatable bonds is 14. The van der Waals surface area contributed by atoms with E-state index in [0.717, 1.165) is 5.56 Å². The normalized spacial score (nSPS) is 16.2. The molecule has 4 rings (SSSR count). The van der Waals surface area contributed by atoms with Crippen LogP contribution in [0.4, 0.5) is 20.6 Å². The summed E-state index contributed by atoms with van der Waals surface area (Å²) in [6.07, 6.45) is -0.694. The SMILES string of the molecule is CC(=O)NC[C@H]1CN(c2ccc(-c3ccc(CN(C/C(=C/N)NN)C(=S)Nc4ccc(CC(O)([P+](=O)O)P(=O)(O)O)cc4)cc3)c(F)c2)C(=O)O1. The number of hydrogen-bond acceptors (Lipinski definition) is 10. The van der Waals surface area contributed by atoms with Crippen LogP contribution in [-0.4, -0.2) is 72.6 Å². The molecule has 2 unspecified atom stereocenters. The summed E-state index contributed by atoms with van der Waals surface area (Å²) >= 11 is 5.65. The van der Waals surface area contributed by atoms with Crippen molar-refractivity contribution in [2.24, 2.45) is 11.6 Å². The molecule has 51 heavy (non-hydrogen) atoms. The first-order valence-corrected chi connectivity index (χ1v) is 18.4. The molecule has 0 bridgehead atoms. The molecule has 0 aliphatic carbocycles. The highest BCUT2D eigenvalue weighted by Crippen LogP contribution is 2.61. The Morgan fingerprint density at radius 2 is 1.82 bits per heavy atom. The van der Waals surface area contributed by atoms with Gasteiger partial charge >= 0.3 is 26.8 Å². The van der Waals surface area contributed by atoms with Gasteiger partial charge in [-0.05, 0) is 63.8 Å². The van der Waals surface area contributed by atoms with E-state index in [-0.39, 0.29) is 42.8 Å². The molecule has 0 radical (unpaired) electrons. The Balaban J connectivity index is 1.46. The number of carbonyl (C=O) groups excluding carboxylic acids is 2. The van der Waals surface area contributed by atoms with Crippen LogP contribution in [0.3, 0.4) is 0 Å². The van der Waals surface area contributed by atoms with Gasteiger partial charge in [-0.1, -0.05) is 36.4 Å². The molecule has 20 heteroatoms. The van der Waals surface area contributed by atoms with Crippen LogP contribution in [-0.2, 0) is 31.6 Å². The van der Waals surface area contributed by atoms with Crippen LogP contribution in [0.15, 0.2) is 78.6 Å². The van der Waals surface area contributed by atoms with E-state index in [9.17, 15) is 38.5 Å². The monoisotopic (exact) mass is 764 g/mol. The molecule has 1 fully saturated rings. The van der Waals surface area contributed by atoms with Crippen LogP contribution in [0.25, 0.3) is 11.1 Å². The number of amides is 2. The Kier molecular flexibility index (Phi) is 12.8. The number of nitrogens with one attached hydrogen (secondary N) is 3. The minimum atomic E-state index is -5.35. The minimum absolute atomic E-state index is 0.148. The maximum atomic E-state index is 15.3. The summed E-state index contributed by atoms with van der Waals surface area (Å²) in [7, 11) is -8.97. The molecule has 3 aromatic carbocycles. The summed E-state index contributed by atoms with van der Waals surface area (Å²) in [5.41, 5.74) is 11.2. The van der Waals surface area contributed by atoms with E-state index in [0.29, 0.717) is 28.2 Å². The number of nitrogens with zero attached hydrogens (tertiary/aromatic N) is 2. The minimum Gasteiger partial charge on any atom is -0.442 e. The highest BCUT2D eigenvalue weighted by Gasteiger charge is 2.62. The van der Waals surface area contributed by atoms with Gasteiger partial charge < -0.3 is 46.3 Å². The molecule has 1 saturated heterocycles. The van der Waals surface area contributed by atoms with Crippen LogP contribution < -0.4 is 32.5 Å². The van der Waals surface area contributed by atoms with E-state index >= 15 is 4.39 Å². The lowest BCUT2D eigenvalue weighted by Gasteiger charge is -2.27. The van der Waals surface area contributed by atoms with Gasteiger partial charge in [0.1, 0.15) is 11.9 Å². The number of cyclic esters (lactones) is 1. The zero-order valence-corrected chi connectivity index (χ0v) is 29.7. The number of hydrazine groups is 1. The molecule has 11 N–H and O–H groups in total. The number of benzene rings is 3. The molecule has 1 aliphatic rings. The third-order valence-electron chi connectivity index (χ3n) is 7.81. The number of hydrogen-bond donors (Lipinski definition) is 9. The summed E-state index contributed by atoms with van der Waals surface area (Å²) in [5.74, 6) is 4.79. The molecular formula is C31H37FN7O9P2S+. The largest absolute Gasteiger partial charge is 0.555 e. The average molecular weight is 765 g/mol. The number of nitrogens with two attached hydrogens (primary N) is 2. The summed E-state index contributed by atoms with van der Waals surface area (Å²) in [6, 6.07) is 17.3. The van der Waals surface area contributed by atoms with Crippen molar-refractivity contribution in [2.45, 2.75) is 31.1 Å². The van der Waals surface area contributed by atoms with Crippen molar-refractivity contribution in [3.63, 3.8) is 0 Å². The fourth-order valence-corrected chi connectivity index (χ4v) is 6.87. The Labute approximate surface area is 298 Å². The molecule has 0 spiro atoms. The Morgan fingerprint density at radius 3 is 2.37 bits per heavy atom. The first-order chi connectivity index (χ1) is 24.0. The van der Waals surface area contributed by atoms with Crippen molar-refractivity contribution in [3.05, 3.63) is 95.6 Å². The van der Waals surface area contributed by atoms with Gasteiger partial charge in [-0.3, -0.25) is 20.1 Å². The third-order valence-corrected chi connectivity index (χ3v) is 11.3. The maximum Gasteiger partial charge on any atom is 0.555 e. The van der Waals surface area contributed by atoms with Crippen LogP contribution >= 0.6 is 27.8 Å². The zero-order chi connectivity index (χ0) is 37.5. The molecule has 1 aliphatic heterocycles. The molecule has 3 aromatic rings. The standard InChI is InChI=1S/C31H36FN7O9P2S/c1-19(40)35-15-26-18-39(30(41)48-26)25-10-11-27(28(32)12-25)22-6-2-21(3-7-22)16-38(17-24(14-33)37-34)29(51)36-23-8-4-20(5-9-23)13-31(42,49(43)44)50(45,46)47/h2-12,14,26,37,42H,13,15-18,33-34H2,1H3,(H4-,35,36,40,43,44,45,46,47,51)/p+1/b24-14-/t26-,31?/m0/s1. The number of anilines is 2. The average Bonchev–Trinajstić information content (AvgIpc) is 3.46. The Hall–Kier alpha value is -4.51. The number of thiocarbonyl (C=S) groups is 1. The van der Waals surface area contributed by atoms with Gasteiger partial charge in [-0.2, -0.15) is 4.89 Å². The maximum absolute atomic E-state index is 15.3. The first-order valence-electron chi connectivity index (χ1n) is 15.1. The highest BCUT2D eigenvalue weighted by atomic mass is 32.1. The number of carbonyl (C=O) groups is 2. The van der Waals surface area contributed by atoms with Crippen LogP contribution in [0.2, 0.25) is 0 Å². The van der Waals surface area contributed by atoms with Crippen LogP contribution in [0.5, 0.6) is 0 Å². The fourth-order valence-electron chi connectivity index (χ4n) is 5.03. The molecular weight excluding hydrogens is 727 g/mol. The molecule has 0 saturated carbocycles. The summed E-state index contributed by atoms with van der Waals surface area (Å²) in [5, 5.41) is 12.9. The topological polar surface area (TPSA) is 253 Å². The van der Waals surface area contributed by atoms with E-state index in [1.54, 1.807) is 41.3 Å². The van der Waals surface area contributed by atoms with Crippen LogP contribution in [0, 0.1) is 5.82 Å². The zero-order valence-electron chi connectivity index (χ0n) is 27.1. The Bertz CT molecular complexity index is 1860. The van der Waals surface area contributed by atoms with E-state index in [2.05, 4.69) is 16.1 Å². The summed E-state index contributed by atoms with van der Waals surface area (Å²) in [6.45, 7) is 2.06. The number of aliphatic hydroxyl groups is 1. The number of ether oxygens (including phenoxy) is 1. The van der Waals surface area contributed by atoms with Gasteiger partial charge in [0.05, 0.1) is 37.4 Å². The van der Waals surface area contributed by atoms with Crippen molar-refractivity contribution < 1.29 is 47.6 Å². The summed E-state index contributed by atoms with van der Waals surface area (Å²) < 4.78 is 43.8. The van der Waals surface area contributed by atoms with Crippen molar-refractivity contribution >= 4 is 56.3 Å². The summed E-state index contributed by atoms with van der Waals surface area (Å²) in [4.78, 5) is 54.8.